The van der Waals surface area contributed by atoms with Gasteiger partial charge in [0.05, 0.1) is 5.56 Å². The SMILES string of the molecule is CN(C)CCN(C)c1ccc(C#N)c(F)c1. The van der Waals surface area contributed by atoms with Crippen LogP contribution in [0.2, 0.25) is 0 Å². The van der Waals surface area contributed by atoms with Crippen LogP contribution in [0, 0.1) is 17.1 Å². The van der Waals surface area contributed by atoms with Crippen LogP contribution in [0.1, 0.15) is 5.56 Å². The van der Waals surface area contributed by atoms with Crippen molar-refractivity contribution in [3.8, 4) is 6.07 Å². The van der Waals surface area contributed by atoms with Crippen LogP contribution in [-0.4, -0.2) is 39.1 Å². The van der Waals surface area contributed by atoms with E-state index in [2.05, 4.69) is 4.90 Å². The largest absolute Gasteiger partial charge is 0.373 e. The summed E-state index contributed by atoms with van der Waals surface area (Å²) in [6, 6.07) is 6.48. The maximum absolute atomic E-state index is 13.4. The van der Waals surface area contributed by atoms with Gasteiger partial charge in [0.2, 0.25) is 0 Å². The van der Waals surface area contributed by atoms with E-state index in [9.17, 15) is 4.39 Å². The number of rotatable bonds is 4. The monoisotopic (exact) mass is 221 g/mol. The minimum atomic E-state index is -0.461. The zero-order valence-electron chi connectivity index (χ0n) is 9.87. The van der Waals surface area contributed by atoms with E-state index in [0.717, 1.165) is 18.8 Å². The first-order valence-electron chi connectivity index (χ1n) is 5.10. The Morgan fingerprint density at radius 1 is 1.25 bits per heavy atom. The first kappa shape index (κ1) is 12.5. The van der Waals surface area contributed by atoms with E-state index in [4.69, 9.17) is 5.26 Å². The third kappa shape index (κ3) is 3.21. The molecule has 3 nitrogen and oxygen atoms in total. The minimum Gasteiger partial charge on any atom is -0.373 e. The van der Waals surface area contributed by atoms with E-state index >= 15 is 0 Å². The number of hydrogen-bond acceptors (Lipinski definition) is 3. The Balaban J connectivity index is 2.74. The molecule has 0 amide bonds. The first-order valence-corrected chi connectivity index (χ1v) is 5.10. The van der Waals surface area contributed by atoms with Crippen molar-refractivity contribution in [2.45, 2.75) is 0 Å². The molecule has 1 aromatic carbocycles. The van der Waals surface area contributed by atoms with Crippen molar-refractivity contribution >= 4 is 5.69 Å². The zero-order chi connectivity index (χ0) is 12.1. The van der Waals surface area contributed by atoms with Crippen LogP contribution < -0.4 is 4.90 Å². The Hall–Kier alpha value is -1.60. The Labute approximate surface area is 95.7 Å². The zero-order valence-corrected chi connectivity index (χ0v) is 9.87. The van der Waals surface area contributed by atoms with Crippen LogP contribution in [0.4, 0.5) is 10.1 Å². The summed E-state index contributed by atoms with van der Waals surface area (Å²) < 4.78 is 13.4. The van der Waals surface area contributed by atoms with E-state index in [1.165, 1.54) is 12.1 Å². The topological polar surface area (TPSA) is 30.3 Å². The van der Waals surface area contributed by atoms with Gasteiger partial charge in [0.25, 0.3) is 0 Å². The smallest absolute Gasteiger partial charge is 0.143 e. The molecule has 0 aliphatic rings. The van der Waals surface area contributed by atoms with Crippen LogP contribution in [0.5, 0.6) is 0 Å². The van der Waals surface area contributed by atoms with Crippen LogP contribution in [-0.2, 0) is 0 Å². The van der Waals surface area contributed by atoms with E-state index in [0.29, 0.717) is 0 Å². The molecule has 16 heavy (non-hydrogen) atoms. The van der Waals surface area contributed by atoms with Gasteiger partial charge in [-0.3, -0.25) is 0 Å². The summed E-state index contributed by atoms with van der Waals surface area (Å²) in [6.45, 7) is 1.72. The van der Waals surface area contributed by atoms with Gasteiger partial charge >= 0.3 is 0 Å². The highest BCUT2D eigenvalue weighted by Gasteiger charge is 2.06. The highest BCUT2D eigenvalue weighted by Crippen LogP contribution is 2.16. The van der Waals surface area contributed by atoms with Gasteiger partial charge in [-0.05, 0) is 32.3 Å². The number of nitrogens with zero attached hydrogens (tertiary/aromatic N) is 3. The standard InChI is InChI=1S/C12H16FN3/c1-15(2)6-7-16(3)11-5-4-10(9-14)12(13)8-11/h4-5,8H,6-7H2,1-3H3. The predicted octanol–water partition coefficient (Wildman–Crippen LogP) is 1.70. The molecule has 1 rings (SSSR count). The fourth-order valence-corrected chi connectivity index (χ4v) is 1.31. The molecule has 0 spiro atoms. The lowest BCUT2D eigenvalue weighted by Crippen LogP contribution is -2.28. The molecule has 0 unspecified atom stereocenters. The lowest BCUT2D eigenvalue weighted by Gasteiger charge is -2.21. The average molecular weight is 221 g/mol. The molecular weight excluding hydrogens is 205 g/mol. The van der Waals surface area contributed by atoms with Crippen LogP contribution in [0.15, 0.2) is 18.2 Å². The van der Waals surface area contributed by atoms with Crippen molar-refractivity contribution in [1.82, 2.24) is 4.90 Å². The molecule has 0 heterocycles. The maximum Gasteiger partial charge on any atom is 0.143 e. The van der Waals surface area contributed by atoms with Crippen molar-refractivity contribution in [1.29, 1.82) is 5.26 Å². The second kappa shape index (κ2) is 5.47. The van der Waals surface area contributed by atoms with Gasteiger partial charge < -0.3 is 9.80 Å². The average Bonchev–Trinajstić information content (AvgIpc) is 2.25. The summed E-state index contributed by atoms with van der Waals surface area (Å²) in [5.74, 6) is -0.461. The molecule has 1 aromatic rings. The van der Waals surface area contributed by atoms with E-state index < -0.39 is 5.82 Å². The van der Waals surface area contributed by atoms with E-state index in [1.807, 2.05) is 32.1 Å². The third-order valence-corrected chi connectivity index (χ3v) is 2.40. The number of benzene rings is 1. The molecular formula is C12H16FN3. The number of anilines is 1. The molecule has 0 saturated carbocycles. The highest BCUT2D eigenvalue weighted by molar-refractivity contribution is 5.49. The quantitative estimate of drug-likeness (QED) is 0.775. The lowest BCUT2D eigenvalue weighted by molar-refractivity contribution is 0.416. The van der Waals surface area contributed by atoms with Crippen molar-refractivity contribution in [3.05, 3.63) is 29.6 Å². The Morgan fingerprint density at radius 2 is 1.94 bits per heavy atom. The Bertz CT molecular complexity index is 396. The number of hydrogen-bond donors (Lipinski definition) is 0. The van der Waals surface area contributed by atoms with Gasteiger partial charge in [-0.1, -0.05) is 0 Å². The molecule has 0 fully saturated rings. The van der Waals surface area contributed by atoms with Crippen LogP contribution in [0.25, 0.3) is 0 Å². The molecule has 0 radical (unpaired) electrons. The summed E-state index contributed by atoms with van der Waals surface area (Å²) >= 11 is 0. The number of halogens is 1. The lowest BCUT2D eigenvalue weighted by atomic mass is 10.2. The van der Waals surface area contributed by atoms with Gasteiger partial charge in [-0.15, -0.1) is 0 Å². The summed E-state index contributed by atoms with van der Waals surface area (Å²) in [6.07, 6.45) is 0. The molecule has 0 atom stereocenters. The third-order valence-electron chi connectivity index (χ3n) is 2.40. The molecule has 0 aliphatic carbocycles. The van der Waals surface area contributed by atoms with Crippen molar-refractivity contribution in [3.63, 3.8) is 0 Å². The fourth-order valence-electron chi connectivity index (χ4n) is 1.31. The van der Waals surface area contributed by atoms with E-state index in [1.54, 1.807) is 6.07 Å². The van der Waals surface area contributed by atoms with Crippen molar-refractivity contribution in [2.75, 3.05) is 39.1 Å². The molecule has 4 heteroatoms. The second-order valence-electron chi connectivity index (χ2n) is 4.00. The normalized spacial score (nSPS) is 10.2. The number of nitriles is 1. The summed E-state index contributed by atoms with van der Waals surface area (Å²) in [7, 11) is 5.89. The summed E-state index contributed by atoms with van der Waals surface area (Å²) in [4.78, 5) is 4.03. The van der Waals surface area contributed by atoms with Gasteiger partial charge in [0, 0.05) is 25.8 Å². The molecule has 0 aromatic heterocycles. The van der Waals surface area contributed by atoms with Crippen molar-refractivity contribution in [2.24, 2.45) is 0 Å². The summed E-state index contributed by atoms with van der Waals surface area (Å²) in [5, 5.41) is 8.61. The molecule has 0 saturated heterocycles. The Kier molecular flexibility index (Phi) is 4.27. The van der Waals surface area contributed by atoms with Gasteiger partial charge in [-0.2, -0.15) is 5.26 Å². The number of likely N-dealkylation sites (N-methyl/N-ethyl adjacent to an activating group) is 2. The molecule has 86 valence electrons. The predicted molar refractivity (Wildman–Crippen MR) is 62.9 cm³/mol. The van der Waals surface area contributed by atoms with Gasteiger partial charge in [0.1, 0.15) is 11.9 Å². The maximum atomic E-state index is 13.4. The molecule has 0 aliphatic heterocycles. The Morgan fingerprint density at radius 3 is 2.44 bits per heavy atom. The van der Waals surface area contributed by atoms with Crippen LogP contribution in [0.3, 0.4) is 0 Å². The summed E-state index contributed by atoms with van der Waals surface area (Å²) in [5.41, 5.74) is 0.878. The minimum absolute atomic E-state index is 0.0877. The van der Waals surface area contributed by atoms with E-state index in [-0.39, 0.29) is 5.56 Å². The highest BCUT2D eigenvalue weighted by atomic mass is 19.1. The fraction of sp³-hybridized carbons (Fsp3) is 0.417. The van der Waals surface area contributed by atoms with Crippen molar-refractivity contribution < 1.29 is 4.39 Å². The molecule has 0 bridgehead atoms. The van der Waals surface area contributed by atoms with Gasteiger partial charge in [0.15, 0.2) is 0 Å². The van der Waals surface area contributed by atoms with Gasteiger partial charge in [-0.25, -0.2) is 4.39 Å². The second-order valence-corrected chi connectivity index (χ2v) is 4.00. The molecule has 0 N–H and O–H groups in total. The van der Waals surface area contributed by atoms with Crippen LogP contribution >= 0.6 is 0 Å². The first-order chi connectivity index (χ1) is 7.54.